The van der Waals surface area contributed by atoms with Gasteiger partial charge in [-0.25, -0.2) is 0 Å². The van der Waals surface area contributed by atoms with Crippen LogP contribution in [0.15, 0.2) is 24.3 Å². The zero-order chi connectivity index (χ0) is 13.4. The maximum atomic E-state index is 6.50. The van der Waals surface area contributed by atoms with E-state index in [4.69, 9.17) is 21.1 Å². The van der Waals surface area contributed by atoms with Gasteiger partial charge in [0.15, 0.2) is 0 Å². The number of benzene rings is 2. The van der Waals surface area contributed by atoms with Crippen LogP contribution in [0, 0.1) is 0 Å². The highest BCUT2D eigenvalue weighted by Crippen LogP contribution is 2.49. The molecule has 0 aliphatic carbocycles. The standard InChI is InChI=1S/C15H15ClO2S/c1-17-14-9-5-3-4-6-10(9)15(18-2)13-11(14)7-19-8-12(13)16/h3-6,12H,7-8H2,1-2H3. The third-order valence-electron chi connectivity index (χ3n) is 3.49. The predicted octanol–water partition coefficient (Wildman–Crippen LogP) is 4.38. The van der Waals surface area contributed by atoms with Crippen molar-refractivity contribution in [1.82, 2.24) is 0 Å². The molecule has 19 heavy (non-hydrogen) atoms. The van der Waals surface area contributed by atoms with E-state index in [1.165, 1.54) is 5.56 Å². The summed E-state index contributed by atoms with van der Waals surface area (Å²) in [6.45, 7) is 0. The first-order valence-electron chi connectivity index (χ1n) is 6.15. The Labute approximate surface area is 122 Å². The number of hydrogen-bond acceptors (Lipinski definition) is 3. The molecule has 3 rings (SSSR count). The van der Waals surface area contributed by atoms with Gasteiger partial charge in [-0.1, -0.05) is 24.3 Å². The minimum atomic E-state index is -0.0257. The number of alkyl halides is 1. The van der Waals surface area contributed by atoms with Gasteiger partial charge in [0.25, 0.3) is 0 Å². The van der Waals surface area contributed by atoms with Gasteiger partial charge in [0, 0.05) is 33.4 Å². The van der Waals surface area contributed by atoms with Crippen LogP contribution in [0.2, 0.25) is 0 Å². The summed E-state index contributed by atoms with van der Waals surface area (Å²) >= 11 is 8.34. The van der Waals surface area contributed by atoms with Crippen LogP contribution in [0.25, 0.3) is 10.8 Å². The van der Waals surface area contributed by atoms with E-state index in [0.717, 1.165) is 39.3 Å². The van der Waals surface area contributed by atoms with Crippen LogP contribution in [0.3, 0.4) is 0 Å². The van der Waals surface area contributed by atoms with Crippen LogP contribution in [0.1, 0.15) is 16.5 Å². The molecule has 0 saturated carbocycles. The van der Waals surface area contributed by atoms with Gasteiger partial charge in [-0.15, -0.1) is 11.6 Å². The van der Waals surface area contributed by atoms with E-state index in [1.54, 1.807) is 14.2 Å². The predicted molar refractivity (Wildman–Crippen MR) is 81.8 cm³/mol. The van der Waals surface area contributed by atoms with Crippen molar-refractivity contribution in [2.75, 3.05) is 20.0 Å². The summed E-state index contributed by atoms with van der Waals surface area (Å²) < 4.78 is 11.3. The summed E-state index contributed by atoms with van der Waals surface area (Å²) in [6, 6.07) is 8.16. The second-order valence-electron chi connectivity index (χ2n) is 4.49. The largest absolute Gasteiger partial charge is 0.496 e. The Balaban J connectivity index is 2.44. The Bertz CT molecular complexity index is 627. The number of thioether (sulfide) groups is 1. The molecule has 0 saturated heterocycles. The number of ether oxygens (including phenoxy) is 2. The normalized spacial score (nSPS) is 18.2. The SMILES string of the molecule is COc1c2c(c(OC)c3ccccc13)C(Cl)CSC2. The molecule has 1 atom stereocenters. The van der Waals surface area contributed by atoms with Crippen molar-refractivity contribution < 1.29 is 9.47 Å². The van der Waals surface area contributed by atoms with E-state index in [0.29, 0.717) is 0 Å². The molecule has 0 aromatic heterocycles. The molecule has 0 radical (unpaired) electrons. The lowest BCUT2D eigenvalue weighted by Gasteiger charge is -2.26. The fourth-order valence-electron chi connectivity index (χ4n) is 2.72. The van der Waals surface area contributed by atoms with E-state index in [-0.39, 0.29) is 5.38 Å². The highest BCUT2D eigenvalue weighted by molar-refractivity contribution is 7.98. The molecule has 2 nitrogen and oxygen atoms in total. The molecule has 100 valence electrons. The lowest BCUT2D eigenvalue weighted by molar-refractivity contribution is 0.403. The number of rotatable bonds is 2. The molecule has 2 aromatic carbocycles. The average molecular weight is 295 g/mol. The highest BCUT2D eigenvalue weighted by Gasteiger charge is 2.28. The van der Waals surface area contributed by atoms with Crippen LogP contribution in [0.5, 0.6) is 11.5 Å². The first kappa shape index (κ1) is 12.9. The van der Waals surface area contributed by atoms with Crippen LogP contribution < -0.4 is 9.47 Å². The number of halogens is 1. The van der Waals surface area contributed by atoms with Gasteiger partial charge in [-0.2, -0.15) is 11.8 Å². The van der Waals surface area contributed by atoms with Gasteiger partial charge < -0.3 is 9.47 Å². The Morgan fingerprint density at radius 2 is 1.74 bits per heavy atom. The molecule has 0 fully saturated rings. The molecule has 0 amide bonds. The van der Waals surface area contributed by atoms with E-state index >= 15 is 0 Å². The molecule has 1 unspecified atom stereocenters. The van der Waals surface area contributed by atoms with Crippen molar-refractivity contribution in [2.24, 2.45) is 0 Å². The van der Waals surface area contributed by atoms with E-state index in [1.807, 2.05) is 23.9 Å². The number of fused-ring (bicyclic) bond motifs is 2. The third kappa shape index (κ3) is 1.96. The van der Waals surface area contributed by atoms with E-state index < -0.39 is 0 Å². The van der Waals surface area contributed by atoms with Gasteiger partial charge >= 0.3 is 0 Å². The zero-order valence-corrected chi connectivity index (χ0v) is 12.5. The Morgan fingerprint density at radius 1 is 1.11 bits per heavy atom. The summed E-state index contributed by atoms with van der Waals surface area (Å²) in [5.74, 6) is 3.66. The summed E-state index contributed by atoms with van der Waals surface area (Å²) in [6.07, 6.45) is 0. The number of methoxy groups -OCH3 is 2. The van der Waals surface area contributed by atoms with Gasteiger partial charge in [-0.3, -0.25) is 0 Å². The monoisotopic (exact) mass is 294 g/mol. The second kappa shape index (κ2) is 5.14. The van der Waals surface area contributed by atoms with E-state index in [2.05, 4.69) is 12.1 Å². The zero-order valence-electron chi connectivity index (χ0n) is 10.9. The molecule has 1 aliphatic heterocycles. The second-order valence-corrected chi connectivity index (χ2v) is 6.04. The fraction of sp³-hybridized carbons (Fsp3) is 0.333. The number of hydrogen-bond donors (Lipinski definition) is 0. The fourth-order valence-corrected chi connectivity index (χ4v) is 4.20. The molecule has 2 aromatic rings. The minimum Gasteiger partial charge on any atom is -0.496 e. The van der Waals surface area contributed by atoms with Crippen molar-refractivity contribution in [3.05, 3.63) is 35.4 Å². The Morgan fingerprint density at radius 3 is 2.37 bits per heavy atom. The topological polar surface area (TPSA) is 18.5 Å². The maximum absolute atomic E-state index is 6.50. The van der Waals surface area contributed by atoms with Crippen LogP contribution >= 0.6 is 23.4 Å². The first-order chi connectivity index (χ1) is 9.27. The van der Waals surface area contributed by atoms with Crippen molar-refractivity contribution in [3.8, 4) is 11.5 Å². The van der Waals surface area contributed by atoms with Crippen molar-refractivity contribution in [3.63, 3.8) is 0 Å². The highest BCUT2D eigenvalue weighted by atomic mass is 35.5. The Hall–Kier alpha value is -1.06. The van der Waals surface area contributed by atoms with Crippen molar-refractivity contribution in [2.45, 2.75) is 11.1 Å². The maximum Gasteiger partial charge on any atom is 0.131 e. The summed E-state index contributed by atoms with van der Waals surface area (Å²) in [4.78, 5) is 0. The van der Waals surface area contributed by atoms with E-state index in [9.17, 15) is 0 Å². The van der Waals surface area contributed by atoms with Crippen LogP contribution in [-0.2, 0) is 5.75 Å². The molecule has 0 bridgehead atoms. The molecule has 0 N–H and O–H groups in total. The van der Waals surface area contributed by atoms with Gasteiger partial charge in [0.2, 0.25) is 0 Å². The summed E-state index contributed by atoms with van der Waals surface area (Å²) in [5.41, 5.74) is 2.27. The van der Waals surface area contributed by atoms with Gasteiger partial charge in [-0.05, 0) is 0 Å². The molecular weight excluding hydrogens is 280 g/mol. The molecular formula is C15H15ClO2S. The van der Waals surface area contributed by atoms with Crippen LogP contribution in [-0.4, -0.2) is 20.0 Å². The van der Waals surface area contributed by atoms with Crippen molar-refractivity contribution >= 4 is 34.1 Å². The average Bonchev–Trinajstić information content (AvgIpc) is 2.45. The molecule has 0 spiro atoms. The quantitative estimate of drug-likeness (QED) is 0.766. The van der Waals surface area contributed by atoms with Crippen LogP contribution in [0.4, 0.5) is 0 Å². The molecule has 1 aliphatic rings. The summed E-state index contributed by atoms with van der Waals surface area (Å²) in [7, 11) is 3.43. The van der Waals surface area contributed by atoms with Gasteiger partial charge in [0.05, 0.1) is 19.6 Å². The lowest BCUT2D eigenvalue weighted by Crippen LogP contribution is -2.10. The molecule has 1 heterocycles. The first-order valence-corrected chi connectivity index (χ1v) is 7.74. The summed E-state index contributed by atoms with van der Waals surface area (Å²) in [5, 5.41) is 2.13. The lowest BCUT2D eigenvalue weighted by atomic mass is 9.96. The van der Waals surface area contributed by atoms with Gasteiger partial charge in [0.1, 0.15) is 11.5 Å². The minimum absolute atomic E-state index is 0.0257. The third-order valence-corrected chi connectivity index (χ3v) is 5.11. The molecule has 4 heteroatoms. The smallest absolute Gasteiger partial charge is 0.131 e. The van der Waals surface area contributed by atoms with Crippen molar-refractivity contribution in [1.29, 1.82) is 0 Å². The Kier molecular flexibility index (Phi) is 3.50.